The fourth-order valence-electron chi connectivity index (χ4n) is 5.17. The first-order valence-electron chi connectivity index (χ1n) is 12.3. The third-order valence-electron chi connectivity index (χ3n) is 6.91. The van der Waals surface area contributed by atoms with Crippen molar-refractivity contribution >= 4 is 21.8 Å². The molecule has 2 N–H and O–H groups in total. The molecule has 0 amide bonds. The zero-order chi connectivity index (χ0) is 24.8. The number of nitrogens with zero attached hydrogens (tertiary/aromatic N) is 2. The molecule has 4 aromatic carbocycles. The smallest absolute Gasteiger partial charge is 0.125 e. The zero-order valence-corrected chi connectivity index (χ0v) is 20.0. The van der Waals surface area contributed by atoms with Gasteiger partial charge < -0.3 is 14.7 Å². The molecule has 7 rings (SSSR count). The number of pyridine rings is 1. The first kappa shape index (κ1) is 21.2. The number of rotatable bonds is 4. The summed E-state index contributed by atoms with van der Waals surface area (Å²) in [7, 11) is 0. The molecule has 0 radical (unpaired) electrons. The summed E-state index contributed by atoms with van der Waals surface area (Å²) in [5, 5.41) is 13.3. The second-order valence-electron chi connectivity index (χ2n) is 9.16. The molecule has 0 saturated heterocycles. The van der Waals surface area contributed by atoms with Gasteiger partial charge in [0.2, 0.25) is 0 Å². The standard InChI is InChI=1S/C33H23N3O/c37-33-21-26-25-13-4-5-15-31(25)36(24-11-2-1-3-12-24)32(26)20-27(33)30-17-16-29(35-30)23-10-8-9-22(19-23)28-14-6-7-18-34-28/h1-21,35,37H. The SMILES string of the molecule is Oc1cc2c3ccccc3n(-c3ccccc3)c2cc1-c1ccc(-c2cccc(-c3ccccn3)c2)[nH]1. The van der Waals surface area contributed by atoms with Gasteiger partial charge in [0, 0.05) is 45.2 Å². The highest BCUT2D eigenvalue weighted by molar-refractivity contribution is 6.11. The van der Waals surface area contributed by atoms with E-state index in [4.69, 9.17) is 0 Å². The quantitative estimate of drug-likeness (QED) is 0.268. The summed E-state index contributed by atoms with van der Waals surface area (Å²) in [4.78, 5) is 8.02. The van der Waals surface area contributed by atoms with Crippen LogP contribution in [0.1, 0.15) is 0 Å². The van der Waals surface area contributed by atoms with Gasteiger partial charge in [-0.25, -0.2) is 0 Å². The monoisotopic (exact) mass is 477 g/mol. The van der Waals surface area contributed by atoms with Gasteiger partial charge >= 0.3 is 0 Å². The van der Waals surface area contributed by atoms with Crippen LogP contribution in [0.2, 0.25) is 0 Å². The molecule has 3 heterocycles. The summed E-state index contributed by atoms with van der Waals surface area (Å²) in [6.07, 6.45) is 1.81. The van der Waals surface area contributed by atoms with Crippen LogP contribution in [0.4, 0.5) is 0 Å². The maximum atomic E-state index is 11.1. The van der Waals surface area contributed by atoms with Crippen LogP contribution < -0.4 is 0 Å². The predicted octanol–water partition coefficient (Wildman–Crippen LogP) is 8.21. The molecule has 37 heavy (non-hydrogen) atoms. The van der Waals surface area contributed by atoms with Crippen LogP contribution in [0.3, 0.4) is 0 Å². The second-order valence-corrected chi connectivity index (χ2v) is 9.16. The molecular formula is C33H23N3O. The third kappa shape index (κ3) is 3.58. The van der Waals surface area contributed by atoms with Crippen molar-refractivity contribution in [2.45, 2.75) is 0 Å². The van der Waals surface area contributed by atoms with Crippen LogP contribution in [0, 0.1) is 0 Å². The minimum Gasteiger partial charge on any atom is -0.507 e. The number of para-hydroxylation sites is 2. The first-order chi connectivity index (χ1) is 18.3. The van der Waals surface area contributed by atoms with E-state index in [1.807, 2.05) is 66.9 Å². The topological polar surface area (TPSA) is 53.8 Å². The summed E-state index contributed by atoms with van der Waals surface area (Å²) in [6.45, 7) is 0. The largest absolute Gasteiger partial charge is 0.507 e. The molecule has 7 aromatic rings. The lowest BCUT2D eigenvalue weighted by Crippen LogP contribution is -1.93. The van der Waals surface area contributed by atoms with E-state index in [1.54, 1.807) is 0 Å². The van der Waals surface area contributed by atoms with Crippen molar-refractivity contribution in [3.05, 3.63) is 128 Å². The Hall–Kier alpha value is -5.09. The van der Waals surface area contributed by atoms with Crippen LogP contribution in [-0.4, -0.2) is 19.6 Å². The third-order valence-corrected chi connectivity index (χ3v) is 6.91. The summed E-state index contributed by atoms with van der Waals surface area (Å²) in [5.74, 6) is 0.249. The zero-order valence-electron chi connectivity index (χ0n) is 20.0. The van der Waals surface area contributed by atoms with E-state index < -0.39 is 0 Å². The van der Waals surface area contributed by atoms with Gasteiger partial charge in [-0.05, 0) is 66.2 Å². The lowest BCUT2D eigenvalue weighted by atomic mass is 10.1. The van der Waals surface area contributed by atoms with Crippen LogP contribution in [0.5, 0.6) is 5.75 Å². The van der Waals surface area contributed by atoms with E-state index in [9.17, 15) is 5.11 Å². The van der Waals surface area contributed by atoms with Crippen LogP contribution in [-0.2, 0) is 0 Å². The number of hydrogen-bond donors (Lipinski definition) is 2. The number of hydrogen-bond acceptors (Lipinski definition) is 2. The summed E-state index contributed by atoms with van der Waals surface area (Å²) < 4.78 is 2.26. The van der Waals surface area contributed by atoms with Crippen LogP contribution >= 0.6 is 0 Å². The van der Waals surface area contributed by atoms with E-state index in [0.717, 1.165) is 61.3 Å². The minimum absolute atomic E-state index is 0.249. The van der Waals surface area contributed by atoms with E-state index in [0.29, 0.717) is 0 Å². The van der Waals surface area contributed by atoms with Crippen molar-refractivity contribution in [1.29, 1.82) is 0 Å². The van der Waals surface area contributed by atoms with Crippen molar-refractivity contribution < 1.29 is 5.11 Å². The molecule has 0 spiro atoms. The highest BCUT2D eigenvalue weighted by Crippen LogP contribution is 2.40. The fraction of sp³-hybridized carbons (Fsp3) is 0. The van der Waals surface area contributed by atoms with Gasteiger partial charge in [-0.3, -0.25) is 4.98 Å². The predicted molar refractivity (Wildman–Crippen MR) is 151 cm³/mol. The van der Waals surface area contributed by atoms with Gasteiger partial charge in [0.05, 0.1) is 16.7 Å². The molecule has 0 atom stereocenters. The number of phenolic OH excluding ortho intramolecular Hbond substituents is 1. The average Bonchev–Trinajstić information content (AvgIpc) is 3.57. The number of aromatic hydroxyl groups is 1. The van der Waals surface area contributed by atoms with E-state index >= 15 is 0 Å². The summed E-state index contributed by atoms with van der Waals surface area (Å²) in [5.41, 5.74) is 8.92. The van der Waals surface area contributed by atoms with Gasteiger partial charge in [-0.2, -0.15) is 0 Å². The van der Waals surface area contributed by atoms with Crippen molar-refractivity contribution in [3.8, 4) is 45.2 Å². The second kappa shape index (κ2) is 8.54. The van der Waals surface area contributed by atoms with Crippen molar-refractivity contribution in [3.63, 3.8) is 0 Å². The molecular weight excluding hydrogens is 454 g/mol. The Morgan fingerprint density at radius 3 is 2.24 bits per heavy atom. The van der Waals surface area contributed by atoms with Crippen molar-refractivity contribution in [2.24, 2.45) is 0 Å². The van der Waals surface area contributed by atoms with Crippen LogP contribution in [0.25, 0.3) is 61.3 Å². The average molecular weight is 478 g/mol. The molecule has 4 nitrogen and oxygen atoms in total. The molecule has 0 saturated carbocycles. The number of phenols is 1. The Morgan fingerprint density at radius 1 is 0.595 bits per heavy atom. The van der Waals surface area contributed by atoms with Crippen molar-refractivity contribution in [2.75, 3.05) is 0 Å². The number of fused-ring (bicyclic) bond motifs is 3. The molecule has 0 unspecified atom stereocenters. The Bertz CT molecular complexity index is 1880. The molecule has 0 fully saturated rings. The summed E-state index contributed by atoms with van der Waals surface area (Å²) >= 11 is 0. The van der Waals surface area contributed by atoms with Crippen LogP contribution in [0.15, 0.2) is 128 Å². The minimum atomic E-state index is 0.249. The maximum absolute atomic E-state index is 11.1. The highest BCUT2D eigenvalue weighted by atomic mass is 16.3. The Kier molecular flexibility index (Phi) is 4.90. The fourth-order valence-corrected chi connectivity index (χ4v) is 5.17. The van der Waals surface area contributed by atoms with Gasteiger partial charge in [0.15, 0.2) is 0 Å². The van der Waals surface area contributed by atoms with Gasteiger partial charge in [0.25, 0.3) is 0 Å². The lowest BCUT2D eigenvalue weighted by molar-refractivity contribution is 0.478. The molecule has 0 aliphatic carbocycles. The van der Waals surface area contributed by atoms with Crippen molar-refractivity contribution in [1.82, 2.24) is 14.5 Å². The first-order valence-corrected chi connectivity index (χ1v) is 12.3. The maximum Gasteiger partial charge on any atom is 0.125 e. The normalized spacial score (nSPS) is 11.4. The van der Waals surface area contributed by atoms with E-state index in [-0.39, 0.29) is 5.75 Å². The number of benzene rings is 4. The number of H-pyrrole nitrogens is 1. The molecule has 0 aliphatic rings. The lowest BCUT2D eigenvalue weighted by Gasteiger charge is -2.09. The van der Waals surface area contributed by atoms with Gasteiger partial charge in [-0.15, -0.1) is 0 Å². The summed E-state index contributed by atoms with van der Waals surface area (Å²) in [6, 6.07) is 41.0. The Labute approximate surface area is 214 Å². The van der Waals surface area contributed by atoms with E-state index in [2.05, 4.69) is 75.2 Å². The van der Waals surface area contributed by atoms with E-state index in [1.165, 1.54) is 0 Å². The molecule has 176 valence electrons. The molecule has 0 bridgehead atoms. The molecule has 4 heteroatoms. The molecule has 3 aromatic heterocycles. The van der Waals surface area contributed by atoms with Gasteiger partial charge in [0.1, 0.15) is 5.75 Å². The number of aromatic nitrogens is 3. The number of nitrogens with one attached hydrogen (secondary N) is 1. The molecule has 0 aliphatic heterocycles. The van der Waals surface area contributed by atoms with Gasteiger partial charge in [-0.1, -0.05) is 60.7 Å². The Balaban J connectivity index is 1.37. The highest BCUT2D eigenvalue weighted by Gasteiger charge is 2.17. The Morgan fingerprint density at radius 2 is 1.38 bits per heavy atom. The number of aromatic amines is 1.